The van der Waals surface area contributed by atoms with Crippen LogP contribution in [0.3, 0.4) is 0 Å². The van der Waals surface area contributed by atoms with E-state index in [2.05, 4.69) is 48.1 Å². The summed E-state index contributed by atoms with van der Waals surface area (Å²) in [4.78, 5) is 2.36. The molecule has 1 atom stereocenters. The van der Waals surface area contributed by atoms with E-state index >= 15 is 0 Å². The molecule has 0 saturated carbocycles. The summed E-state index contributed by atoms with van der Waals surface area (Å²) in [6, 6.07) is 9.06. The minimum absolute atomic E-state index is 0.437. The molecule has 0 fully saturated rings. The van der Waals surface area contributed by atoms with Gasteiger partial charge in [-0.05, 0) is 37.8 Å². The minimum Gasteiger partial charge on any atom is -0.394 e. The maximum Gasteiger partial charge on any atom is 0.155 e. The zero-order chi connectivity index (χ0) is 15.0. The number of hydrogen-bond acceptors (Lipinski definition) is 3. The summed E-state index contributed by atoms with van der Waals surface area (Å²) in [5, 5.41) is 4.63. The van der Waals surface area contributed by atoms with Crippen molar-refractivity contribution in [1.82, 2.24) is 9.78 Å². The van der Waals surface area contributed by atoms with Crippen molar-refractivity contribution < 1.29 is 0 Å². The third-order valence-electron chi connectivity index (χ3n) is 4.37. The van der Waals surface area contributed by atoms with Gasteiger partial charge in [-0.3, -0.25) is 4.68 Å². The molecule has 2 heterocycles. The second-order valence-electron chi connectivity index (χ2n) is 5.94. The molecule has 0 saturated heterocycles. The van der Waals surface area contributed by atoms with Crippen molar-refractivity contribution in [3.63, 3.8) is 0 Å². The van der Waals surface area contributed by atoms with Crippen LogP contribution in [0.5, 0.6) is 0 Å². The smallest absolute Gasteiger partial charge is 0.155 e. The number of nitrogens with two attached hydrogens (primary N) is 1. The molecule has 4 nitrogen and oxygen atoms in total. The molecule has 1 aliphatic heterocycles. The van der Waals surface area contributed by atoms with Crippen LogP contribution in [0.25, 0.3) is 0 Å². The van der Waals surface area contributed by atoms with E-state index in [1.54, 1.807) is 0 Å². The first kappa shape index (κ1) is 14.0. The molecule has 3 rings (SSSR count). The van der Waals surface area contributed by atoms with Crippen LogP contribution < -0.4 is 10.6 Å². The van der Waals surface area contributed by atoms with Gasteiger partial charge in [0.2, 0.25) is 0 Å². The molecule has 0 spiro atoms. The van der Waals surface area contributed by atoms with Crippen molar-refractivity contribution in [2.45, 2.75) is 45.6 Å². The van der Waals surface area contributed by atoms with Crippen LogP contribution in [0.1, 0.15) is 37.9 Å². The summed E-state index contributed by atoms with van der Waals surface area (Å²) in [6.45, 7) is 4.43. The van der Waals surface area contributed by atoms with Gasteiger partial charge < -0.3 is 10.6 Å². The molecule has 4 heteroatoms. The number of hydrogen-bond donors (Lipinski definition) is 1. The molecule has 1 aromatic heterocycles. The molecular formula is C17H24N4. The molecule has 2 N–H and O–H groups in total. The highest BCUT2D eigenvalue weighted by atomic mass is 15.4. The fourth-order valence-electron chi connectivity index (χ4n) is 3.30. The van der Waals surface area contributed by atoms with E-state index < -0.39 is 0 Å². The predicted molar refractivity (Wildman–Crippen MR) is 88.0 cm³/mol. The monoisotopic (exact) mass is 284 g/mol. The number of nitrogen functional groups attached to an aromatic ring is 1. The first-order chi connectivity index (χ1) is 10.1. The van der Waals surface area contributed by atoms with Gasteiger partial charge in [0.05, 0.1) is 11.4 Å². The Bertz CT molecular complexity index is 644. The van der Waals surface area contributed by atoms with Gasteiger partial charge in [0.1, 0.15) is 0 Å². The lowest BCUT2D eigenvalue weighted by atomic mass is 9.96. The topological polar surface area (TPSA) is 47.1 Å². The lowest BCUT2D eigenvalue weighted by Gasteiger charge is -2.37. The number of para-hydroxylation sites is 1. The number of nitrogens with zero attached hydrogens (tertiary/aromatic N) is 3. The average molecular weight is 284 g/mol. The van der Waals surface area contributed by atoms with Crippen LogP contribution in [-0.2, 0) is 19.9 Å². The van der Waals surface area contributed by atoms with E-state index in [4.69, 9.17) is 5.73 Å². The summed E-state index contributed by atoms with van der Waals surface area (Å²) in [5.41, 5.74) is 10.9. The number of aryl methyl sites for hydroxylation is 3. The molecule has 0 bridgehead atoms. The fraction of sp³-hybridized carbons (Fsp3) is 0.471. The Kier molecular flexibility index (Phi) is 3.62. The van der Waals surface area contributed by atoms with E-state index in [0.717, 1.165) is 42.9 Å². The largest absolute Gasteiger partial charge is 0.394 e. The van der Waals surface area contributed by atoms with Crippen LogP contribution in [0.4, 0.5) is 17.2 Å². The van der Waals surface area contributed by atoms with Crippen molar-refractivity contribution in [3.05, 3.63) is 35.5 Å². The Balaban J connectivity index is 2.12. The highest BCUT2D eigenvalue weighted by Gasteiger charge is 2.29. The van der Waals surface area contributed by atoms with Gasteiger partial charge in [-0.1, -0.05) is 31.5 Å². The van der Waals surface area contributed by atoms with E-state index in [9.17, 15) is 0 Å². The van der Waals surface area contributed by atoms with Gasteiger partial charge in [-0.15, -0.1) is 0 Å². The Labute approximate surface area is 126 Å². The zero-order valence-electron chi connectivity index (χ0n) is 13.1. The summed E-state index contributed by atoms with van der Waals surface area (Å²) >= 11 is 0. The first-order valence-corrected chi connectivity index (χ1v) is 7.82. The van der Waals surface area contributed by atoms with Crippen molar-refractivity contribution >= 4 is 17.2 Å². The quantitative estimate of drug-likeness (QED) is 0.939. The van der Waals surface area contributed by atoms with Gasteiger partial charge >= 0.3 is 0 Å². The zero-order valence-corrected chi connectivity index (χ0v) is 13.1. The Morgan fingerprint density at radius 3 is 2.86 bits per heavy atom. The number of aromatic nitrogens is 2. The molecule has 1 aliphatic rings. The normalized spacial score (nSPS) is 17.9. The van der Waals surface area contributed by atoms with Gasteiger partial charge in [-0.2, -0.15) is 5.10 Å². The molecule has 2 aromatic rings. The minimum atomic E-state index is 0.437. The Morgan fingerprint density at radius 2 is 2.10 bits per heavy atom. The number of rotatable bonds is 3. The molecule has 1 unspecified atom stereocenters. The number of anilines is 3. The molecule has 112 valence electrons. The maximum absolute atomic E-state index is 6.42. The lowest BCUT2D eigenvalue weighted by molar-refractivity contribution is 0.597. The summed E-state index contributed by atoms with van der Waals surface area (Å²) in [6.07, 6.45) is 4.27. The van der Waals surface area contributed by atoms with Crippen LogP contribution in [0.15, 0.2) is 24.3 Å². The second kappa shape index (κ2) is 5.43. The molecule has 0 radical (unpaired) electrons. The average Bonchev–Trinajstić information content (AvgIpc) is 2.75. The highest BCUT2D eigenvalue weighted by Crippen LogP contribution is 2.40. The van der Waals surface area contributed by atoms with E-state index in [0.29, 0.717) is 6.04 Å². The van der Waals surface area contributed by atoms with E-state index in [1.807, 2.05) is 11.7 Å². The third-order valence-corrected chi connectivity index (χ3v) is 4.37. The highest BCUT2D eigenvalue weighted by molar-refractivity contribution is 5.76. The van der Waals surface area contributed by atoms with Crippen LogP contribution in [-0.4, -0.2) is 15.8 Å². The van der Waals surface area contributed by atoms with Crippen LogP contribution in [0.2, 0.25) is 0 Å². The summed E-state index contributed by atoms with van der Waals surface area (Å²) in [5.74, 6) is 1.04. The van der Waals surface area contributed by atoms with E-state index in [1.165, 1.54) is 11.3 Å². The van der Waals surface area contributed by atoms with E-state index in [-0.39, 0.29) is 0 Å². The lowest BCUT2D eigenvalue weighted by Crippen LogP contribution is -2.35. The fourth-order valence-corrected chi connectivity index (χ4v) is 3.30. The summed E-state index contributed by atoms with van der Waals surface area (Å²) < 4.78 is 1.94. The van der Waals surface area contributed by atoms with Crippen molar-refractivity contribution in [2.24, 2.45) is 7.05 Å². The molecule has 21 heavy (non-hydrogen) atoms. The van der Waals surface area contributed by atoms with Gasteiger partial charge in [-0.25, -0.2) is 0 Å². The Hall–Kier alpha value is -1.97. The standard InChI is InChI=1S/C17H24N4/c1-4-7-14-16(18)17(20(3)19-14)21-12(2)10-11-13-8-5-6-9-15(13)21/h5-6,8-9,12H,4,7,10-11,18H2,1-3H3. The second-order valence-corrected chi connectivity index (χ2v) is 5.94. The maximum atomic E-state index is 6.42. The first-order valence-electron chi connectivity index (χ1n) is 7.82. The third kappa shape index (κ3) is 2.28. The number of benzene rings is 1. The van der Waals surface area contributed by atoms with Crippen LogP contribution in [0, 0.1) is 0 Å². The predicted octanol–water partition coefficient (Wildman–Crippen LogP) is 3.43. The van der Waals surface area contributed by atoms with Crippen molar-refractivity contribution in [3.8, 4) is 0 Å². The molecule has 1 aromatic carbocycles. The Morgan fingerprint density at radius 1 is 1.33 bits per heavy atom. The van der Waals surface area contributed by atoms with Gasteiger partial charge in [0.15, 0.2) is 5.82 Å². The molecule has 0 amide bonds. The molecule has 0 aliphatic carbocycles. The summed E-state index contributed by atoms with van der Waals surface area (Å²) in [7, 11) is 1.99. The van der Waals surface area contributed by atoms with Gasteiger partial charge in [0, 0.05) is 18.8 Å². The SMILES string of the molecule is CCCc1nn(C)c(N2c3ccccc3CCC2C)c1N. The van der Waals surface area contributed by atoms with Crippen molar-refractivity contribution in [2.75, 3.05) is 10.6 Å². The molecular weight excluding hydrogens is 260 g/mol. The number of fused-ring (bicyclic) bond motifs is 1. The van der Waals surface area contributed by atoms with Crippen molar-refractivity contribution in [1.29, 1.82) is 0 Å². The van der Waals surface area contributed by atoms with Crippen LogP contribution >= 0.6 is 0 Å². The van der Waals surface area contributed by atoms with Gasteiger partial charge in [0.25, 0.3) is 0 Å².